The molecule has 0 saturated carbocycles. The molecule has 2 rings (SSSR count). The third kappa shape index (κ3) is 2.35. The predicted octanol–water partition coefficient (Wildman–Crippen LogP) is 1.35. The van der Waals surface area contributed by atoms with Crippen LogP contribution in [0.2, 0.25) is 0 Å². The molecule has 0 radical (unpaired) electrons. The Balaban J connectivity index is 2.12. The minimum absolute atomic E-state index is 0.502. The predicted molar refractivity (Wildman–Crippen MR) is 60.6 cm³/mol. The second kappa shape index (κ2) is 4.89. The van der Waals surface area contributed by atoms with E-state index in [4.69, 9.17) is 9.15 Å². The molecule has 0 bridgehead atoms. The lowest BCUT2D eigenvalue weighted by Gasteiger charge is -2.40. The summed E-state index contributed by atoms with van der Waals surface area (Å²) in [5.41, 5.74) is 0.176. The average Bonchev–Trinajstić information content (AvgIpc) is 2.82. The number of rotatable bonds is 4. The summed E-state index contributed by atoms with van der Waals surface area (Å²) >= 11 is 0. The second-order valence-corrected chi connectivity index (χ2v) is 4.44. The van der Waals surface area contributed by atoms with E-state index in [2.05, 4.69) is 0 Å². The van der Waals surface area contributed by atoms with Gasteiger partial charge in [0, 0.05) is 25.3 Å². The van der Waals surface area contributed by atoms with Gasteiger partial charge in [-0.15, -0.1) is 0 Å². The zero-order valence-electron chi connectivity index (χ0n) is 9.89. The van der Waals surface area contributed by atoms with Crippen LogP contribution in [-0.2, 0) is 16.1 Å². The first kappa shape index (κ1) is 12.1. The molecule has 94 valence electrons. The summed E-state index contributed by atoms with van der Waals surface area (Å²) in [6, 6.07) is 1.85. The fourth-order valence-corrected chi connectivity index (χ4v) is 2.28. The van der Waals surface area contributed by atoms with Crippen LogP contribution in [0.1, 0.15) is 18.4 Å². The monoisotopic (exact) mass is 239 g/mol. The molecule has 0 spiro atoms. The molecule has 1 saturated heterocycles. The number of ether oxygens (including phenoxy) is 1. The Kier molecular flexibility index (Phi) is 3.49. The van der Waals surface area contributed by atoms with E-state index in [1.165, 1.54) is 0 Å². The van der Waals surface area contributed by atoms with Crippen molar-refractivity contribution in [2.45, 2.75) is 24.9 Å². The molecule has 1 aromatic rings. The lowest BCUT2D eigenvalue weighted by molar-refractivity contribution is -0.158. The van der Waals surface area contributed by atoms with Gasteiger partial charge in [0.1, 0.15) is 5.54 Å². The number of likely N-dealkylation sites (N-methyl/N-ethyl adjacent to an activating group) is 1. The number of carbonyl (C=O) groups is 1. The molecule has 1 aromatic heterocycles. The highest BCUT2D eigenvalue weighted by molar-refractivity contribution is 5.78. The van der Waals surface area contributed by atoms with E-state index in [0.717, 1.165) is 5.56 Å². The van der Waals surface area contributed by atoms with E-state index < -0.39 is 11.5 Å². The van der Waals surface area contributed by atoms with Crippen LogP contribution in [0.15, 0.2) is 23.0 Å². The maximum Gasteiger partial charge on any atom is 0.324 e. The largest absolute Gasteiger partial charge is 0.480 e. The summed E-state index contributed by atoms with van der Waals surface area (Å²) in [4.78, 5) is 13.4. The zero-order valence-corrected chi connectivity index (χ0v) is 9.89. The Morgan fingerprint density at radius 2 is 2.24 bits per heavy atom. The summed E-state index contributed by atoms with van der Waals surface area (Å²) in [6.07, 6.45) is 4.29. The highest BCUT2D eigenvalue weighted by Gasteiger charge is 2.43. The molecule has 5 nitrogen and oxygen atoms in total. The number of carboxylic acid groups (broad SMARTS) is 1. The quantitative estimate of drug-likeness (QED) is 0.859. The van der Waals surface area contributed by atoms with Crippen molar-refractivity contribution in [3.63, 3.8) is 0 Å². The maximum atomic E-state index is 11.5. The molecule has 1 aliphatic rings. The minimum Gasteiger partial charge on any atom is -0.480 e. The Hall–Kier alpha value is -1.33. The van der Waals surface area contributed by atoms with Crippen LogP contribution in [0, 0.1) is 0 Å². The van der Waals surface area contributed by atoms with Crippen molar-refractivity contribution in [3.8, 4) is 0 Å². The van der Waals surface area contributed by atoms with Crippen molar-refractivity contribution < 1.29 is 19.1 Å². The summed E-state index contributed by atoms with van der Waals surface area (Å²) in [5.74, 6) is -0.771. The van der Waals surface area contributed by atoms with Crippen LogP contribution in [0.3, 0.4) is 0 Å². The first-order valence-corrected chi connectivity index (χ1v) is 5.68. The molecule has 17 heavy (non-hydrogen) atoms. The van der Waals surface area contributed by atoms with Crippen LogP contribution in [-0.4, -0.2) is 41.8 Å². The molecule has 0 atom stereocenters. The van der Waals surface area contributed by atoms with E-state index in [9.17, 15) is 9.90 Å². The molecule has 5 heteroatoms. The van der Waals surface area contributed by atoms with Crippen LogP contribution in [0.4, 0.5) is 0 Å². The Bertz CT molecular complexity index is 368. The summed E-state index contributed by atoms with van der Waals surface area (Å²) in [6.45, 7) is 1.58. The fourth-order valence-electron chi connectivity index (χ4n) is 2.28. The van der Waals surface area contributed by atoms with Gasteiger partial charge in [0.25, 0.3) is 0 Å². The molecule has 0 amide bonds. The number of hydrogen-bond donors (Lipinski definition) is 1. The van der Waals surface area contributed by atoms with Crippen molar-refractivity contribution in [2.75, 3.05) is 20.3 Å². The number of hydrogen-bond acceptors (Lipinski definition) is 4. The molecule has 1 aliphatic heterocycles. The van der Waals surface area contributed by atoms with E-state index in [1.807, 2.05) is 18.0 Å². The standard InChI is InChI=1S/C12H17NO4/c1-13(8-10-2-5-17-9-10)12(11(14)15)3-6-16-7-4-12/h2,5,9H,3-4,6-8H2,1H3,(H,14,15). The molecular formula is C12H17NO4. The highest BCUT2D eigenvalue weighted by Crippen LogP contribution is 2.28. The van der Waals surface area contributed by atoms with Gasteiger partial charge in [-0.3, -0.25) is 9.69 Å². The van der Waals surface area contributed by atoms with Gasteiger partial charge >= 0.3 is 5.97 Å². The van der Waals surface area contributed by atoms with Gasteiger partial charge < -0.3 is 14.3 Å². The van der Waals surface area contributed by atoms with Crippen LogP contribution >= 0.6 is 0 Å². The smallest absolute Gasteiger partial charge is 0.324 e. The fraction of sp³-hybridized carbons (Fsp3) is 0.583. The lowest BCUT2D eigenvalue weighted by Crippen LogP contribution is -2.55. The van der Waals surface area contributed by atoms with Crippen molar-refractivity contribution in [1.82, 2.24) is 4.90 Å². The molecule has 0 aromatic carbocycles. The molecular weight excluding hydrogens is 222 g/mol. The highest BCUT2D eigenvalue weighted by atomic mass is 16.5. The van der Waals surface area contributed by atoms with E-state index in [-0.39, 0.29) is 0 Å². The number of nitrogens with zero attached hydrogens (tertiary/aromatic N) is 1. The molecule has 0 aliphatic carbocycles. The topological polar surface area (TPSA) is 62.9 Å². The van der Waals surface area contributed by atoms with Crippen molar-refractivity contribution >= 4 is 5.97 Å². The first-order valence-electron chi connectivity index (χ1n) is 5.68. The Labute approximate surface area is 100.0 Å². The van der Waals surface area contributed by atoms with Crippen LogP contribution in [0.25, 0.3) is 0 Å². The molecule has 2 heterocycles. The van der Waals surface area contributed by atoms with Gasteiger partial charge in [-0.1, -0.05) is 0 Å². The molecule has 1 N–H and O–H groups in total. The first-order chi connectivity index (χ1) is 8.15. The van der Waals surface area contributed by atoms with Gasteiger partial charge in [-0.05, 0) is 26.0 Å². The average molecular weight is 239 g/mol. The summed E-state index contributed by atoms with van der Waals surface area (Å²) in [7, 11) is 1.84. The van der Waals surface area contributed by atoms with Gasteiger partial charge in [0.05, 0.1) is 12.5 Å². The lowest BCUT2D eigenvalue weighted by atomic mass is 9.88. The maximum absolute atomic E-state index is 11.5. The second-order valence-electron chi connectivity index (χ2n) is 4.44. The third-order valence-corrected chi connectivity index (χ3v) is 3.45. The third-order valence-electron chi connectivity index (χ3n) is 3.45. The van der Waals surface area contributed by atoms with Crippen molar-refractivity contribution in [3.05, 3.63) is 24.2 Å². The number of aliphatic carboxylic acids is 1. The van der Waals surface area contributed by atoms with E-state index in [1.54, 1.807) is 12.5 Å². The van der Waals surface area contributed by atoms with Crippen LogP contribution in [0.5, 0.6) is 0 Å². The van der Waals surface area contributed by atoms with Crippen LogP contribution < -0.4 is 0 Å². The van der Waals surface area contributed by atoms with Crippen molar-refractivity contribution in [2.24, 2.45) is 0 Å². The van der Waals surface area contributed by atoms with Gasteiger partial charge in [0.2, 0.25) is 0 Å². The SMILES string of the molecule is CN(Cc1ccoc1)C1(C(=O)O)CCOCC1. The van der Waals surface area contributed by atoms with Crippen molar-refractivity contribution in [1.29, 1.82) is 0 Å². The Morgan fingerprint density at radius 3 is 2.76 bits per heavy atom. The van der Waals surface area contributed by atoms with Gasteiger partial charge in [-0.25, -0.2) is 0 Å². The van der Waals surface area contributed by atoms with Gasteiger partial charge in [-0.2, -0.15) is 0 Å². The summed E-state index contributed by atoms with van der Waals surface area (Å²) in [5, 5.41) is 9.47. The summed E-state index contributed by atoms with van der Waals surface area (Å²) < 4.78 is 10.2. The minimum atomic E-state index is -0.810. The number of carboxylic acids is 1. The molecule has 0 unspecified atom stereocenters. The number of furan rings is 1. The zero-order chi connectivity index (χ0) is 12.3. The molecule has 1 fully saturated rings. The van der Waals surface area contributed by atoms with Gasteiger partial charge in [0.15, 0.2) is 0 Å². The van der Waals surface area contributed by atoms with E-state index >= 15 is 0 Å². The Morgan fingerprint density at radius 1 is 1.53 bits per heavy atom. The van der Waals surface area contributed by atoms with E-state index in [0.29, 0.717) is 32.6 Å². The normalized spacial score (nSPS) is 19.4.